The molecule has 0 radical (unpaired) electrons. The van der Waals surface area contributed by atoms with E-state index in [0.717, 1.165) is 12.5 Å². The summed E-state index contributed by atoms with van der Waals surface area (Å²) in [5, 5.41) is 2.74. The molecule has 1 aliphatic rings. The minimum atomic E-state index is -4.46. The summed E-state index contributed by atoms with van der Waals surface area (Å²) in [7, 11) is -4.46. The predicted octanol–water partition coefficient (Wildman–Crippen LogP) is -1.14. The first-order chi connectivity index (χ1) is 6.55. The highest BCUT2D eigenvalue weighted by Gasteiger charge is 2.27. The molecule has 0 aliphatic carbocycles. The fourth-order valence-corrected chi connectivity index (χ4v) is 1.56. The van der Waals surface area contributed by atoms with Crippen molar-refractivity contribution in [2.45, 2.75) is 18.9 Å². The molecule has 1 N–H and O–H groups in total. The van der Waals surface area contributed by atoms with E-state index in [0.29, 0.717) is 13.0 Å². The number of hydrogen-bond donors (Lipinski definition) is 1. The Morgan fingerprint density at radius 2 is 2.29 bits per heavy atom. The highest BCUT2D eigenvalue weighted by Crippen LogP contribution is 2.08. The largest absolute Gasteiger partial charge is 0.441 e. The third-order valence-corrected chi connectivity index (χ3v) is 2.35. The van der Waals surface area contributed by atoms with E-state index in [1.165, 1.54) is 0 Å². The maximum Gasteiger partial charge on any atom is 0.441 e. The summed E-state index contributed by atoms with van der Waals surface area (Å²) in [6.07, 6.45) is 2.08. The molecule has 0 saturated carbocycles. The summed E-state index contributed by atoms with van der Waals surface area (Å²) < 4.78 is 27.8. The van der Waals surface area contributed by atoms with Gasteiger partial charge in [-0.1, -0.05) is 0 Å². The molecule has 0 amide bonds. The van der Waals surface area contributed by atoms with E-state index in [1.54, 1.807) is 0 Å². The van der Waals surface area contributed by atoms with Crippen molar-refractivity contribution in [2.24, 2.45) is 4.40 Å². The maximum absolute atomic E-state index is 11.1. The molecule has 0 aromatic rings. The summed E-state index contributed by atoms with van der Waals surface area (Å²) in [5.41, 5.74) is 0. The van der Waals surface area contributed by atoms with Crippen molar-refractivity contribution in [1.82, 2.24) is 5.32 Å². The molecule has 0 spiro atoms. The van der Waals surface area contributed by atoms with Crippen LogP contribution >= 0.6 is 0 Å². The smallest absolute Gasteiger partial charge is 0.326 e. The van der Waals surface area contributed by atoms with E-state index in [2.05, 4.69) is 13.9 Å². The van der Waals surface area contributed by atoms with E-state index in [-0.39, 0.29) is 0 Å². The van der Waals surface area contributed by atoms with Gasteiger partial charge in [0, 0.05) is 0 Å². The fourth-order valence-electron chi connectivity index (χ4n) is 1.11. The first kappa shape index (κ1) is 10.8. The fraction of sp³-hybridized carbons (Fsp3) is 0.667. The molecule has 78 valence electrons. The first-order valence-electron chi connectivity index (χ1n) is 3.86. The second-order valence-electron chi connectivity index (χ2n) is 2.66. The Kier molecular flexibility index (Phi) is 3.34. The van der Waals surface area contributed by atoms with Gasteiger partial charge < -0.3 is 9.50 Å². The number of rotatable bonds is 3. The zero-order valence-corrected chi connectivity index (χ0v) is 7.91. The van der Waals surface area contributed by atoms with Crippen molar-refractivity contribution >= 4 is 22.4 Å². The third-order valence-electron chi connectivity index (χ3n) is 1.68. The van der Waals surface area contributed by atoms with Crippen LogP contribution in [0.1, 0.15) is 12.8 Å². The van der Waals surface area contributed by atoms with Crippen LogP contribution < -0.4 is 5.32 Å². The van der Waals surface area contributed by atoms with Gasteiger partial charge in [-0.05, 0) is 23.8 Å². The van der Waals surface area contributed by atoms with Crippen LogP contribution in [0.15, 0.2) is 4.40 Å². The molecule has 0 bridgehead atoms. The monoisotopic (exact) mass is 220 g/mol. The molecule has 1 rings (SSSR count). The lowest BCUT2D eigenvalue weighted by Gasteiger charge is -2.06. The molecule has 1 atom stereocenters. The Balaban J connectivity index is 2.60. The van der Waals surface area contributed by atoms with Gasteiger partial charge in [0.2, 0.25) is 0 Å². The highest BCUT2D eigenvalue weighted by molar-refractivity contribution is 7.85. The number of nitrogens with zero attached hydrogens (tertiary/aromatic N) is 1. The Labute approximate surface area is 80.4 Å². The van der Waals surface area contributed by atoms with E-state index in [1.807, 2.05) is 0 Å². The SMILES string of the molecule is O=C=NS(=O)(=O)OC(=O)[C@@H]1CCCN1. The van der Waals surface area contributed by atoms with Crippen LogP contribution in [0.5, 0.6) is 0 Å². The van der Waals surface area contributed by atoms with Crippen LogP contribution in [0, 0.1) is 0 Å². The van der Waals surface area contributed by atoms with Crippen LogP contribution in [-0.2, 0) is 24.1 Å². The zero-order valence-electron chi connectivity index (χ0n) is 7.10. The number of carbonyl (C=O) groups excluding carboxylic acids is 2. The number of nitrogens with one attached hydrogen (secondary N) is 1. The lowest BCUT2D eigenvalue weighted by atomic mass is 10.2. The average Bonchev–Trinajstić information content (AvgIpc) is 2.53. The highest BCUT2D eigenvalue weighted by atomic mass is 32.2. The Morgan fingerprint density at radius 1 is 1.57 bits per heavy atom. The van der Waals surface area contributed by atoms with Crippen LogP contribution in [0.3, 0.4) is 0 Å². The van der Waals surface area contributed by atoms with Gasteiger partial charge >= 0.3 is 16.3 Å². The van der Waals surface area contributed by atoms with Gasteiger partial charge in [-0.3, -0.25) is 0 Å². The third kappa shape index (κ3) is 2.91. The van der Waals surface area contributed by atoms with Gasteiger partial charge in [-0.15, -0.1) is 0 Å². The van der Waals surface area contributed by atoms with E-state index in [9.17, 15) is 18.0 Å². The van der Waals surface area contributed by atoms with E-state index in [4.69, 9.17) is 0 Å². The maximum atomic E-state index is 11.1. The molecular weight excluding hydrogens is 212 g/mol. The second kappa shape index (κ2) is 4.32. The van der Waals surface area contributed by atoms with E-state index < -0.39 is 22.3 Å². The quantitative estimate of drug-likeness (QED) is 0.476. The molecule has 1 fully saturated rings. The molecule has 0 unspecified atom stereocenters. The van der Waals surface area contributed by atoms with Crippen molar-refractivity contribution in [2.75, 3.05) is 6.54 Å². The molecule has 8 heteroatoms. The Hall–Kier alpha value is -1.24. The molecule has 0 aromatic heterocycles. The van der Waals surface area contributed by atoms with E-state index >= 15 is 0 Å². The Morgan fingerprint density at radius 3 is 2.79 bits per heavy atom. The second-order valence-corrected chi connectivity index (χ2v) is 3.87. The normalized spacial score (nSPS) is 21.3. The van der Waals surface area contributed by atoms with Crippen molar-refractivity contribution in [3.8, 4) is 0 Å². The van der Waals surface area contributed by atoms with Gasteiger partial charge in [0.15, 0.2) is 0 Å². The summed E-state index contributed by atoms with van der Waals surface area (Å²) in [4.78, 5) is 20.7. The van der Waals surface area contributed by atoms with Crippen LogP contribution in [0.2, 0.25) is 0 Å². The van der Waals surface area contributed by atoms with Crippen LogP contribution in [0.25, 0.3) is 0 Å². The van der Waals surface area contributed by atoms with Gasteiger partial charge in [0.25, 0.3) is 6.08 Å². The van der Waals surface area contributed by atoms with Crippen LogP contribution in [0.4, 0.5) is 0 Å². The molecular formula is C6H8N2O5S. The van der Waals surface area contributed by atoms with Crippen molar-refractivity contribution < 1.29 is 22.2 Å². The predicted molar refractivity (Wildman–Crippen MR) is 44.2 cm³/mol. The Bertz CT molecular complexity index is 364. The standard InChI is InChI=1S/C6H8N2O5S/c9-4-8-14(11,12)13-6(10)5-2-1-3-7-5/h5,7H,1-3H2/t5-/m0/s1. The molecule has 14 heavy (non-hydrogen) atoms. The van der Waals surface area contributed by atoms with Gasteiger partial charge in [-0.25, -0.2) is 9.59 Å². The van der Waals surface area contributed by atoms with Gasteiger partial charge in [0.1, 0.15) is 6.04 Å². The summed E-state index contributed by atoms with van der Waals surface area (Å²) in [5.74, 6) is -0.943. The summed E-state index contributed by atoms with van der Waals surface area (Å²) in [6.45, 7) is 0.636. The minimum absolute atomic E-state index is 0.513. The first-order valence-corrected chi connectivity index (χ1v) is 5.22. The van der Waals surface area contributed by atoms with Crippen molar-refractivity contribution in [1.29, 1.82) is 0 Å². The number of isocyanates is 1. The lowest BCUT2D eigenvalue weighted by Crippen LogP contribution is -2.33. The van der Waals surface area contributed by atoms with Gasteiger partial charge in [0.05, 0.1) is 0 Å². The van der Waals surface area contributed by atoms with Crippen molar-refractivity contribution in [3.05, 3.63) is 0 Å². The summed E-state index contributed by atoms with van der Waals surface area (Å²) >= 11 is 0. The lowest BCUT2D eigenvalue weighted by molar-refractivity contribution is -0.135. The molecule has 0 aromatic carbocycles. The molecule has 7 nitrogen and oxygen atoms in total. The molecule has 1 heterocycles. The topological polar surface area (TPSA) is 102 Å². The van der Waals surface area contributed by atoms with Crippen LogP contribution in [-0.4, -0.2) is 33.1 Å². The van der Waals surface area contributed by atoms with Gasteiger partial charge in [-0.2, -0.15) is 8.42 Å². The van der Waals surface area contributed by atoms with Crippen molar-refractivity contribution in [3.63, 3.8) is 0 Å². The molecule has 1 aliphatic heterocycles. The summed E-state index contributed by atoms with van der Waals surface area (Å²) in [6, 6.07) is -0.633. The number of hydrogen-bond acceptors (Lipinski definition) is 6. The number of carbonyl (C=O) groups is 1. The average molecular weight is 220 g/mol. The molecule has 1 saturated heterocycles. The minimum Gasteiger partial charge on any atom is -0.326 e. The zero-order chi connectivity index (χ0) is 10.6.